The maximum Gasteiger partial charge on any atom is 0.164 e. The first kappa shape index (κ1) is 41.1. The van der Waals surface area contributed by atoms with E-state index in [9.17, 15) is 0 Å². The van der Waals surface area contributed by atoms with Gasteiger partial charge in [-0.2, -0.15) is 0 Å². The largest absolute Gasteiger partial charge is 0.464 e. The average molecular weight is 887 g/mol. The molecule has 0 aliphatic heterocycles. The van der Waals surface area contributed by atoms with Crippen molar-refractivity contribution < 1.29 is 8.83 Å². The molecule has 0 saturated carbocycles. The SMILES string of the molecule is C=C/C=C(\C=C)c1cc(-c2nc(-c3cccoc4ccccc4cc3)nc(-c3ccc4c(c3)oc3ccccc34)n2)cc(-c2ccccc2)c1-n1c2ccccc2c2cc(-c3ccccc3)ccc21. The summed E-state index contributed by atoms with van der Waals surface area (Å²) in [6, 6.07) is 70.9. The van der Waals surface area contributed by atoms with Gasteiger partial charge < -0.3 is 13.4 Å². The standard InChI is InChI=1S/C63H42N4O2/c1-3-18-41(4-2)52-38-48(39-53(43-21-9-6-10-22-43)60(52)67-55-27-14-12-25-49(55)54-37-46(33-35-56(54)67)42-19-7-5-8-20-42)63-65-61(45-24-17-36-68-57-28-15-11-23-44(57)30-31-45)64-62(66-63)47-32-34-51-50-26-13-16-29-58(50)69-59(51)40-47/h3-40H,1-2H2/b31-30?,36-17?,41-18+,45-24?. The van der Waals surface area contributed by atoms with E-state index in [0.29, 0.717) is 17.5 Å². The lowest BCUT2D eigenvalue weighted by atomic mass is 9.92. The Kier molecular flexibility index (Phi) is 10.4. The number of aromatic nitrogens is 4. The van der Waals surface area contributed by atoms with Crippen LogP contribution in [0.4, 0.5) is 0 Å². The van der Waals surface area contributed by atoms with Crippen molar-refractivity contribution in [2.45, 2.75) is 0 Å². The highest BCUT2D eigenvalue weighted by Gasteiger charge is 2.24. The summed E-state index contributed by atoms with van der Waals surface area (Å²) in [4.78, 5) is 15.9. The summed E-state index contributed by atoms with van der Waals surface area (Å²) in [5, 5.41) is 5.31. The Morgan fingerprint density at radius 2 is 1.06 bits per heavy atom. The van der Waals surface area contributed by atoms with Gasteiger partial charge in [-0.25, -0.2) is 15.0 Å². The van der Waals surface area contributed by atoms with Crippen LogP contribution in [0.1, 0.15) is 5.56 Å². The van der Waals surface area contributed by atoms with Crippen LogP contribution in [0.15, 0.2) is 253 Å². The van der Waals surface area contributed by atoms with Gasteiger partial charge in [0.15, 0.2) is 17.5 Å². The second kappa shape index (κ2) is 17.4. The number of hydrogen-bond donors (Lipinski definition) is 0. The van der Waals surface area contributed by atoms with Gasteiger partial charge in [-0.15, -0.1) is 0 Å². The fourth-order valence-corrected chi connectivity index (χ4v) is 9.47. The maximum atomic E-state index is 6.39. The van der Waals surface area contributed by atoms with Crippen LogP contribution in [-0.4, -0.2) is 19.5 Å². The Morgan fingerprint density at radius 3 is 1.86 bits per heavy atom. The summed E-state index contributed by atoms with van der Waals surface area (Å²) >= 11 is 0. The lowest BCUT2D eigenvalue weighted by Gasteiger charge is -2.21. The molecule has 0 aliphatic rings. The molecule has 6 heteroatoms. The summed E-state index contributed by atoms with van der Waals surface area (Å²) in [6.07, 6.45) is 7.40. The normalized spacial score (nSPS) is 11.7. The molecule has 0 aliphatic carbocycles. The second-order valence-corrected chi connectivity index (χ2v) is 16.9. The Morgan fingerprint density at radius 1 is 0.435 bits per heavy atom. The molecule has 0 radical (unpaired) electrons. The minimum absolute atomic E-state index is 0.495. The summed E-state index contributed by atoms with van der Waals surface area (Å²) in [7, 11) is 0. The van der Waals surface area contributed by atoms with Crippen LogP contribution in [0.25, 0.3) is 122 Å². The third-order valence-corrected chi connectivity index (χ3v) is 12.7. The number of furan rings is 1. The van der Waals surface area contributed by atoms with Crippen LogP contribution >= 0.6 is 0 Å². The predicted molar refractivity (Wildman–Crippen MR) is 284 cm³/mol. The number of fused-ring (bicyclic) bond motifs is 7. The molecule has 0 unspecified atom stereocenters. The summed E-state index contributed by atoms with van der Waals surface area (Å²) in [6.45, 7) is 8.50. The number of nitrogens with zero attached hydrogens (tertiary/aromatic N) is 4. The van der Waals surface area contributed by atoms with Crippen LogP contribution in [0.3, 0.4) is 0 Å². The van der Waals surface area contributed by atoms with Gasteiger partial charge in [-0.05, 0) is 89.0 Å². The van der Waals surface area contributed by atoms with Crippen LogP contribution in [-0.2, 0) is 0 Å². The summed E-state index contributed by atoms with van der Waals surface area (Å²) in [5.74, 6) is 1.49. The fraction of sp³-hybridized carbons (Fsp3) is 0. The Hall–Kier alpha value is -9.39. The van der Waals surface area contributed by atoms with Crippen molar-refractivity contribution in [3.8, 4) is 62.1 Å². The Labute approximate surface area is 398 Å². The highest BCUT2D eigenvalue weighted by Crippen LogP contribution is 2.43. The van der Waals surface area contributed by atoms with E-state index in [2.05, 4.69) is 145 Å². The van der Waals surface area contributed by atoms with Gasteiger partial charge in [0.2, 0.25) is 0 Å². The molecule has 8 aromatic carbocycles. The van der Waals surface area contributed by atoms with Crippen LogP contribution in [0.5, 0.6) is 0 Å². The molecule has 4 aromatic heterocycles. The zero-order valence-electron chi connectivity index (χ0n) is 37.5. The molecule has 0 amide bonds. The van der Waals surface area contributed by atoms with Crippen molar-refractivity contribution in [3.63, 3.8) is 0 Å². The molecule has 0 atom stereocenters. The van der Waals surface area contributed by atoms with E-state index in [4.69, 9.17) is 23.8 Å². The fourth-order valence-electron chi connectivity index (χ4n) is 9.47. The van der Waals surface area contributed by atoms with E-state index in [-0.39, 0.29) is 0 Å². The molecule has 0 N–H and O–H groups in total. The molecule has 0 saturated heterocycles. The molecular weight excluding hydrogens is 845 g/mol. The topological polar surface area (TPSA) is 69.9 Å². The average Bonchev–Trinajstić information content (AvgIpc) is 3.98. The van der Waals surface area contributed by atoms with Crippen LogP contribution in [0.2, 0.25) is 0 Å². The summed E-state index contributed by atoms with van der Waals surface area (Å²) < 4.78 is 14.8. The van der Waals surface area contributed by atoms with Gasteiger partial charge in [0.25, 0.3) is 0 Å². The van der Waals surface area contributed by atoms with Gasteiger partial charge in [-0.3, -0.25) is 0 Å². The highest BCUT2D eigenvalue weighted by molar-refractivity contribution is 6.12. The number of benzene rings is 8. The van der Waals surface area contributed by atoms with Gasteiger partial charge in [0, 0.05) is 54.7 Å². The summed E-state index contributed by atoms with van der Waals surface area (Å²) in [5.41, 5.74) is 14.0. The third kappa shape index (κ3) is 7.47. The lowest BCUT2D eigenvalue weighted by molar-refractivity contribution is 0.606. The lowest BCUT2D eigenvalue weighted by Crippen LogP contribution is -2.05. The maximum absolute atomic E-state index is 6.39. The van der Waals surface area contributed by atoms with E-state index in [1.165, 1.54) is 0 Å². The molecule has 326 valence electrons. The molecule has 12 aromatic rings. The molecule has 0 spiro atoms. The van der Waals surface area contributed by atoms with E-state index >= 15 is 0 Å². The van der Waals surface area contributed by atoms with Crippen molar-refractivity contribution in [3.05, 3.63) is 249 Å². The third-order valence-electron chi connectivity index (χ3n) is 12.7. The van der Waals surface area contributed by atoms with Crippen molar-refractivity contribution in [2.24, 2.45) is 0 Å². The predicted octanol–water partition coefficient (Wildman–Crippen LogP) is 16.8. The van der Waals surface area contributed by atoms with Crippen molar-refractivity contribution in [2.75, 3.05) is 0 Å². The van der Waals surface area contributed by atoms with Crippen LogP contribution < -0.4 is 0 Å². The highest BCUT2D eigenvalue weighted by atomic mass is 16.3. The molecule has 69 heavy (non-hydrogen) atoms. The zero-order chi connectivity index (χ0) is 46.3. The Balaban J connectivity index is 1.15. The molecule has 0 fully saturated rings. The first-order valence-corrected chi connectivity index (χ1v) is 22.9. The van der Waals surface area contributed by atoms with E-state index < -0.39 is 0 Å². The molecule has 12 rings (SSSR count). The van der Waals surface area contributed by atoms with E-state index in [0.717, 1.165) is 110 Å². The second-order valence-electron chi connectivity index (χ2n) is 16.9. The van der Waals surface area contributed by atoms with Gasteiger partial charge in [0.1, 0.15) is 16.7 Å². The monoisotopic (exact) mass is 886 g/mol. The molecule has 6 nitrogen and oxygen atoms in total. The first-order chi connectivity index (χ1) is 34.1. The number of allylic oxidation sites excluding steroid dienone is 4. The smallest absolute Gasteiger partial charge is 0.164 e. The number of para-hydroxylation sites is 3. The van der Waals surface area contributed by atoms with Crippen molar-refractivity contribution in [1.82, 2.24) is 19.5 Å². The molecule has 0 bridgehead atoms. The quantitative estimate of drug-likeness (QED) is 0.135. The van der Waals surface area contributed by atoms with Gasteiger partial charge in [-0.1, -0.05) is 171 Å². The van der Waals surface area contributed by atoms with Gasteiger partial charge >= 0.3 is 0 Å². The van der Waals surface area contributed by atoms with Crippen LogP contribution in [0, 0.1) is 0 Å². The molecular formula is C63H42N4O2. The zero-order valence-corrected chi connectivity index (χ0v) is 37.5. The molecule has 4 heterocycles. The minimum Gasteiger partial charge on any atom is -0.464 e. The van der Waals surface area contributed by atoms with Gasteiger partial charge in [0.05, 0.1) is 23.0 Å². The minimum atomic E-state index is 0.495. The first-order valence-electron chi connectivity index (χ1n) is 22.9. The van der Waals surface area contributed by atoms with E-state index in [1.807, 2.05) is 97.1 Å². The van der Waals surface area contributed by atoms with Crippen molar-refractivity contribution >= 4 is 60.3 Å². The van der Waals surface area contributed by atoms with Crippen molar-refractivity contribution in [1.29, 1.82) is 0 Å². The van der Waals surface area contributed by atoms with E-state index in [1.54, 1.807) is 6.26 Å². The number of hydrogen-bond acceptors (Lipinski definition) is 5. The number of rotatable bonds is 9. The Bertz CT molecular complexity index is 4060.